The summed E-state index contributed by atoms with van der Waals surface area (Å²) in [4.78, 5) is 4.79. The summed E-state index contributed by atoms with van der Waals surface area (Å²) in [5, 5.41) is 11.4. The maximum Gasteiger partial charge on any atom is 0.191 e. The topological polar surface area (TPSA) is 63.5 Å². The van der Waals surface area contributed by atoms with Crippen LogP contribution in [0, 0.1) is 25.2 Å². The number of rotatable bonds is 5. The Kier molecular flexibility index (Phi) is 9.54. The number of guanidine groups is 1. The lowest BCUT2D eigenvalue weighted by atomic mass is 9.78. The quantitative estimate of drug-likeness (QED) is 0.376. The van der Waals surface area contributed by atoms with E-state index < -0.39 is 0 Å². The smallest absolute Gasteiger partial charge is 0.191 e. The van der Waals surface area contributed by atoms with Crippen molar-refractivity contribution in [1.82, 2.24) is 20.4 Å². The van der Waals surface area contributed by atoms with E-state index >= 15 is 0 Å². The zero-order valence-corrected chi connectivity index (χ0v) is 20.4. The van der Waals surface area contributed by atoms with Gasteiger partial charge in [0.05, 0.1) is 18.3 Å². The van der Waals surface area contributed by atoms with Crippen molar-refractivity contribution in [3.63, 3.8) is 0 Å². The summed E-state index contributed by atoms with van der Waals surface area (Å²) >= 11 is 0. The highest BCUT2D eigenvalue weighted by Gasteiger charge is 2.35. The lowest BCUT2D eigenvalue weighted by Crippen LogP contribution is -2.47. The van der Waals surface area contributed by atoms with E-state index in [0.717, 1.165) is 37.8 Å². The molecule has 0 saturated carbocycles. The summed E-state index contributed by atoms with van der Waals surface area (Å²) in [5.74, 6) is 1.38. The minimum atomic E-state index is 0. The fraction of sp³-hybridized carbons (Fsp3) is 0.800. The molecule has 27 heavy (non-hydrogen) atoms. The number of aliphatic imine (C=N–C) groups is 1. The monoisotopic (exact) mass is 491 g/mol. The van der Waals surface area contributed by atoms with Gasteiger partial charge in [0.25, 0.3) is 0 Å². The van der Waals surface area contributed by atoms with Gasteiger partial charge < -0.3 is 15.4 Å². The lowest BCUT2D eigenvalue weighted by Gasteiger charge is -2.40. The second kappa shape index (κ2) is 10.6. The SMILES string of the molecule is CCNC(=NCc1c(C)nn(C)c1C)NCC1CCCOC1C(C)(C)C.I. The zero-order valence-electron chi connectivity index (χ0n) is 18.1. The van der Waals surface area contributed by atoms with Gasteiger partial charge in [0.15, 0.2) is 5.96 Å². The van der Waals surface area contributed by atoms with Crippen LogP contribution in [-0.2, 0) is 18.3 Å². The van der Waals surface area contributed by atoms with Crippen LogP contribution >= 0.6 is 24.0 Å². The molecular weight excluding hydrogens is 453 g/mol. The van der Waals surface area contributed by atoms with E-state index in [1.165, 1.54) is 17.7 Å². The number of aromatic nitrogens is 2. The summed E-state index contributed by atoms with van der Waals surface area (Å²) in [7, 11) is 1.98. The highest BCUT2D eigenvalue weighted by atomic mass is 127. The van der Waals surface area contributed by atoms with Crippen LogP contribution < -0.4 is 10.6 Å². The van der Waals surface area contributed by atoms with Gasteiger partial charge in [-0.2, -0.15) is 5.10 Å². The lowest BCUT2D eigenvalue weighted by molar-refractivity contribution is -0.0835. The molecule has 0 bridgehead atoms. The average molecular weight is 491 g/mol. The average Bonchev–Trinajstić information content (AvgIpc) is 2.82. The Morgan fingerprint density at radius 3 is 2.56 bits per heavy atom. The van der Waals surface area contributed by atoms with Crippen molar-refractivity contribution in [1.29, 1.82) is 0 Å². The first-order valence-corrected chi connectivity index (χ1v) is 9.86. The normalized spacial score (nSPS) is 20.9. The molecule has 7 heteroatoms. The first kappa shape index (κ1) is 24.2. The van der Waals surface area contributed by atoms with E-state index in [1.807, 2.05) is 18.7 Å². The predicted molar refractivity (Wildman–Crippen MR) is 123 cm³/mol. The third-order valence-corrected chi connectivity index (χ3v) is 5.23. The molecule has 1 fully saturated rings. The largest absolute Gasteiger partial charge is 0.377 e. The Hall–Kier alpha value is -0.830. The van der Waals surface area contributed by atoms with E-state index in [1.54, 1.807) is 0 Å². The Bertz CT molecular complexity index is 621. The number of ether oxygens (including phenoxy) is 1. The van der Waals surface area contributed by atoms with Crippen molar-refractivity contribution in [2.45, 2.75) is 67.0 Å². The Labute approximate surface area is 181 Å². The second-order valence-electron chi connectivity index (χ2n) is 8.41. The predicted octanol–water partition coefficient (Wildman–Crippen LogP) is 3.55. The first-order valence-electron chi connectivity index (χ1n) is 9.86. The van der Waals surface area contributed by atoms with Crippen molar-refractivity contribution < 1.29 is 4.74 Å². The van der Waals surface area contributed by atoms with Gasteiger partial charge in [-0.3, -0.25) is 4.68 Å². The minimum absolute atomic E-state index is 0. The number of hydrogen-bond donors (Lipinski definition) is 2. The van der Waals surface area contributed by atoms with E-state index in [9.17, 15) is 0 Å². The number of nitrogens with zero attached hydrogens (tertiary/aromatic N) is 3. The molecule has 0 amide bonds. The maximum atomic E-state index is 6.10. The molecule has 0 aromatic carbocycles. The maximum absolute atomic E-state index is 6.10. The summed E-state index contributed by atoms with van der Waals surface area (Å²) in [5.41, 5.74) is 3.60. The van der Waals surface area contributed by atoms with Gasteiger partial charge in [-0.15, -0.1) is 24.0 Å². The van der Waals surface area contributed by atoms with Crippen LogP contribution in [0.3, 0.4) is 0 Å². The summed E-state index contributed by atoms with van der Waals surface area (Å²) in [6.45, 7) is 16.3. The van der Waals surface area contributed by atoms with E-state index in [-0.39, 0.29) is 35.5 Å². The molecule has 2 heterocycles. The molecule has 1 saturated heterocycles. The third kappa shape index (κ3) is 6.62. The van der Waals surface area contributed by atoms with Gasteiger partial charge in [-0.05, 0) is 39.0 Å². The van der Waals surface area contributed by atoms with Crippen molar-refractivity contribution in [3.05, 3.63) is 17.0 Å². The first-order chi connectivity index (χ1) is 12.2. The van der Waals surface area contributed by atoms with Crippen LogP contribution in [0.4, 0.5) is 0 Å². The van der Waals surface area contributed by atoms with E-state index in [4.69, 9.17) is 9.73 Å². The van der Waals surface area contributed by atoms with Gasteiger partial charge in [0.2, 0.25) is 0 Å². The van der Waals surface area contributed by atoms with E-state index in [0.29, 0.717) is 12.5 Å². The molecule has 2 atom stereocenters. The molecule has 0 aliphatic carbocycles. The highest BCUT2D eigenvalue weighted by Crippen LogP contribution is 2.33. The summed E-state index contributed by atoms with van der Waals surface area (Å²) in [6.07, 6.45) is 2.63. The van der Waals surface area contributed by atoms with Gasteiger partial charge in [0, 0.05) is 43.9 Å². The van der Waals surface area contributed by atoms with Crippen LogP contribution in [0.25, 0.3) is 0 Å². The van der Waals surface area contributed by atoms with Crippen molar-refractivity contribution >= 4 is 29.9 Å². The molecule has 1 aliphatic heterocycles. The molecule has 1 aromatic heterocycles. The molecule has 1 aliphatic rings. The number of hydrogen-bond acceptors (Lipinski definition) is 3. The van der Waals surface area contributed by atoms with Gasteiger partial charge in [-0.1, -0.05) is 20.8 Å². The molecular formula is C20H38IN5O. The van der Waals surface area contributed by atoms with Crippen LogP contribution in [0.2, 0.25) is 0 Å². The second-order valence-corrected chi connectivity index (χ2v) is 8.41. The van der Waals surface area contributed by atoms with Crippen LogP contribution in [0.1, 0.15) is 57.5 Å². The summed E-state index contributed by atoms with van der Waals surface area (Å²) in [6, 6.07) is 0. The Morgan fingerprint density at radius 1 is 1.30 bits per heavy atom. The van der Waals surface area contributed by atoms with Crippen LogP contribution in [0.15, 0.2) is 4.99 Å². The van der Waals surface area contributed by atoms with Gasteiger partial charge in [-0.25, -0.2) is 4.99 Å². The standard InChI is InChI=1S/C20H37N5O.HI/c1-8-21-19(23-13-17-14(2)24-25(7)15(17)3)22-12-16-10-9-11-26-18(16)20(4,5)6;/h16,18H,8-13H2,1-7H3,(H2,21,22,23);1H. The zero-order chi connectivity index (χ0) is 19.3. The van der Waals surface area contributed by atoms with Crippen LogP contribution in [-0.4, -0.2) is 41.5 Å². The molecule has 0 spiro atoms. The van der Waals surface area contributed by atoms with E-state index in [2.05, 4.69) is 50.4 Å². The number of aryl methyl sites for hydroxylation is 2. The van der Waals surface area contributed by atoms with Crippen molar-refractivity contribution in [3.8, 4) is 0 Å². The number of nitrogens with one attached hydrogen (secondary N) is 2. The fourth-order valence-electron chi connectivity index (χ4n) is 3.78. The fourth-order valence-corrected chi connectivity index (χ4v) is 3.78. The molecule has 6 nitrogen and oxygen atoms in total. The Balaban J connectivity index is 0.00000364. The third-order valence-electron chi connectivity index (χ3n) is 5.23. The van der Waals surface area contributed by atoms with Crippen LogP contribution in [0.5, 0.6) is 0 Å². The minimum Gasteiger partial charge on any atom is -0.377 e. The van der Waals surface area contributed by atoms with Gasteiger partial charge in [0.1, 0.15) is 0 Å². The molecule has 1 aromatic rings. The highest BCUT2D eigenvalue weighted by molar-refractivity contribution is 14.0. The van der Waals surface area contributed by atoms with Crippen molar-refractivity contribution in [2.24, 2.45) is 23.4 Å². The molecule has 0 radical (unpaired) electrons. The molecule has 156 valence electrons. The molecule has 2 rings (SSSR count). The number of halogens is 1. The van der Waals surface area contributed by atoms with Gasteiger partial charge >= 0.3 is 0 Å². The molecule has 2 N–H and O–H groups in total. The molecule has 2 unspecified atom stereocenters. The summed E-state index contributed by atoms with van der Waals surface area (Å²) < 4.78 is 8.02. The Morgan fingerprint density at radius 2 is 2.00 bits per heavy atom. The van der Waals surface area contributed by atoms with Crippen molar-refractivity contribution in [2.75, 3.05) is 19.7 Å².